The highest BCUT2D eigenvalue weighted by Crippen LogP contribution is 2.40. The van der Waals surface area contributed by atoms with Crippen molar-refractivity contribution in [2.45, 2.75) is 51.1 Å². The van der Waals surface area contributed by atoms with Crippen LogP contribution in [0.4, 0.5) is 11.5 Å². The minimum Gasteiger partial charge on any atom is -0.619 e. The summed E-state index contributed by atoms with van der Waals surface area (Å²) in [5, 5.41) is 11.3. The Morgan fingerprint density at radius 2 is 1.96 bits per heavy atom. The molecule has 1 saturated carbocycles. The van der Waals surface area contributed by atoms with Gasteiger partial charge in [0.1, 0.15) is 11.7 Å². The average molecular weight is 353 g/mol. The SMILES string of the molecule is CC[C@@H]1C(=O)N(C)c2cnc(-c3cc[n+]([O-])cc3)nc2N1C1CCCC1. The summed E-state index contributed by atoms with van der Waals surface area (Å²) in [7, 11) is 1.79. The quantitative estimate of drug-likeness (QED) is 0.625. The predicted octanol–water partition coefficient (Wildman–Crippen LogP) is 2.28. The summed E-state index contributed by atoms with van der Waals surface area (Å²) >= 11 is 0. The number of aromatic nitrogens is 3. The molecule has 0 spiro atoms. The third-order valence-corrected chi connectivity index (χ3v) is 5.47. The third-order valence-electron chi connectivity index (χ3n) is 5.47. The van der Waals surface area contributed by atoms with E-state index in [2.05, 4.69) is 16.8 Å². The number of pyridine rings is 1. The van der Waals surface area contributed by atoms with E-state index in [1.807, 2.05) is 0 Å². The molecule has 136 valence electrons. The number of hydrogen-bond donors (Lipinski definition) is 0. The summed E-state index contributed by atoms with van der Waals surface area (Å²) in [5.41, 5.74) is 1.55. The van der Waals surface area contributed by atoms with Gasteiger partial charge in [0.15, 0.2) is 24.0 Å². The molecule has 1 amide bonds. The number of amides is 1. The summed E-state index contributed by atoms with van der Waals surface area (Å²) < 4.78 is 0.742. The monoisotopic (exact) mass is 353 g/mol. The van der Waals surface area contributed by atoms with Crippen molar-refractivity contribution in [2.24, 2.45) is 0 Å². The largest absolute Gasteiger partial charge is 0.619 e. The first kappa shape index (κ1) is 16.8. The van der Waals surface area contributed by atoms with Crippen molar-refractivity contribution in [2.75, 3.05) is 16.8 Å². The Morgan fingerprint density at radius 3 is 2.62 bits per heavy atom. The number of nitrogens with zero attached hydrogens (tertiary/aromatic N) is 5. The maximum absolute atomic E-state index is 12.9. The summed E-state index contributed by atoms with van der Waals surface area (Å²) in [6, 6.07) is 3.59. The molecule has 3 heterocycles. The molecule has 0 aromatic carbocycles. The number of carbonyl (C=O) groups excluding carboxylic acids is 1. The first-order chi connectivity index (χ1) is 12.6. The molecule has 0 radical (unpaired) electrons. The molecular formula is C19H23N5O2. The molecule has 1 atom stereocenters. The maximum atomic E-state index is 12.9. The van der Waals surface area contributed by atoms with E-state index < -0.39 is 0 Å². The van der Waals surface area contributed by atoms with Crippen molar-refractivity contribution in [1.82, 2.24) is 9.97 Å². The fourth-order valence-corrected chi connectivity index (χ4v) is 4.08. The molecule has 2 aromatic rings. The lowest BCUT2D eigenvalue weighted by molar-refractivity contribution is -0.605. The third kappa shape index (κ3) is 2.67. The topological polar surface area (TPSA) is 76.3 Å². The Labute approximate surface area is 152 Å². The molecule has 0 saturated heterocycles. The lowest BCUT2D eigenvalue weighted by atomic mass is 10.0. The normalized spacial score (nSPS) is 20.5. The maximum Gasteiger partial charge on any atom is 0.249 e. The zero-order valence-corrected chi connectivity index (χ0v) is 15.1. The lowest BCUT2D eigenvalue weighted by Crippen LogP contribution is -2.55. The summed E-state index contributed by atoms with van der Waals surface area (Å²) in [6.07, 6.45) is 9.92. The highest BCUT2D eigenvalue weighted by Gasteiger charge is 2.41. The van der Waals surface area contributed by atoms with E-state index in [9.17, 15) is 10.0 Å². The van der Waals surface area contributed by atoms with Crippen LogP contribution in [-0.2, 0) is 4.79 Å². The van der Waals surface area contributed by atoms with Gasteiger partial charge in [0.2, 0.25) is 5.91 Å². The van der Waals surface area contributed by atoms with Gasteiger partial charge in [0, 0.05) is 30.8 Å². The minimum absolute atomic E-state index is 0.107. The smallest absolute Gasteiger partial charge is 0.249 e. The van der Waals surface area contributed by atoms with Crippen LogP contribution in [0.2, 0.25) is 0 Å². The zero-order chi connectivity index (χ0) is 18.3. The molecule has 2 aromatic heterocycles. The van der Waals surface area contributed by atoms with Crippen LogP contribution in [0.3, 0.4) is 0 Å². The Balaban J connectivity index is 1.83. The van der Waals surface area contributed by atoms with Gasteiger partial charge in [0.25, 0.3) is 0 Å². The van der Waals surface area contributed by atoms with Crippen molar-refractivity contribution in [3.63, 3.8) is 0 Å². The number of hydrogen-bond acceptors (Lipinski definition) is 5. The standard InChI is InChI=1S/C19H23N5O2/c1-3-15-19(25)22(2)16-12-20-17(13-8-10-23(26)11-9-13)21-18(16)24(15)14-6-4-5-7-14/h8-12,14-15H,3-7H2,1-2H3/t15-/m1/s1. The molecule has 0 bridgehead atoms. The second-order valence-electron chi connectivity index (χ2n) is 7.02. The summed E-state index contributed by atoms with van der Waals surface area (Å²) in [4.78, 5) is 26.1. The number of likely N-dealkylation sites (N-methyl/N-ethyl adjacent to an activating group) is 1. The first-order valence-corrected chi connectivity index (χ1v) is 9.22. The van der Waals surface area contributed by atoms with E-state index in [1.165, 1.54) is 25.2 Å². The molecule has 26 heavy (non-hydrogen) atoms. The van der Waals surface area contributed by atoms with E-state index in [0.29, 0.717) is 11.9 Å². The van der Waals surface area contributed by atoms with Gasteiger partial charge in [0.05, 0.1) is 6.20 Å². The minimum atomic E-state index is -0.182. The van der Waals surface area contributed by atoms with Gasteiger partial charge in [-0.25, -0.2) is 9.97 Å². The molecule has 2 aliphatic rings. The first-order valence-electron chi connectivity index (χ1n) is 9.22. The lowest BCUT2D eigenvalue weighted by Gasteiger charge is -2.43. The van der Waals surface area contributed by atoms with E-state index in [-0.39, 0.29) is 11.9 Å². The number of carbonyl (C=O) groups is 1. The average Bonchev–Trinajstić information content (AvgIpc) is 3.19. The van der Waals surface area contributed by atoms with Crippen molar-refractivity contribution >= 4 is 17.4 Å². The van der Waals surface area contributed by atoms with Gasteiger partial charge in [-0.15, -0.1) is 0 Å². The molecule has 1 aliphatic carbocycles. The molecule has 0 unspecified atom stereocenters. The van der Waals surface area contributed by atoms with Gasteiger partial charge in [-0.3, -0.25) is 4.79 Å². The van der Waals surface area contributed by atoms with Crippen LogP contribution in [0.1, 0.15) is 39.0 Å². The van der Waals surface area contributed by atoms with Gasteiger partial charge in [-0.05, 0) is 19.3 Å². The highest BCUT2D eigenvalue weighted by atomic mass is 16.5. The second-order valence-corrected chi connectivity index (χ2v) is 7.02. The Kier molecular flexibility index (Phi) is 4.22. The van der Waals surface area contributed by atoms with E-state index in [1.54, 1.807) is 30.3 Å². The molecule has 7 heteroatoms. The fraction of sp³-hybridized carbons (Fsp3) is 0.474. The van der Waals surface area contributed by atoms with Gasteiger partial charge in [-0.1, -0.05) is 19.8 Å². The summed E-state index contributed by atoms with van der Waals surface area (Å²) in [6.45, 7) is 2.05. The molecule has 4 rings (SSSR count). The fourth-order valence-electron chi connectivity index (χ4n) is 4.08. The van der Waals surface area contributed by atoms with Crippen molar-refractivity contribution in [3.05, 3.63) is 35.9 Å². The van der Waals surface area contributed by atoms with E-state index >= 15 is 0 Å². The Hall–Kier alpha value is -2.70. The van der Waals surface area contributed by atoms with Crippen LogP contribution >= 0.6 is 0 Å². The highest BCUT2D eigenvalue weighted by molar-refractivity contribution is 6.04. The van der Waals surface area contributed by atoms with Crippen LogP contribution in [0.25, 0.3) is 11.4 Å². The Morgan fingerprint density at radius 1 is 1.27 bits per heavy atom. The number of rotatable bonds is 3. The molecular weight excluding hydrogens is 330 g/mol. The van der Waals surface area contributed by atoms with Crippen LogP contribution < -0.4 is 14.5 Å². The van der Waals surface area contributed by atoms with Gasteiger partial charge in [-0.2, -0.15) is 4.73 Å². The van der Waals surface area contributed by atoms with Crippen molar-refractivity contribution in [3.8, 4) is 11.4 Å². The van der Waals surface area contributed by atoms with Crippen molar-refractivity contribution < 1.29 is 9.52 Å². The summed E-state index contributed by atoms with van der Waals surface area (Å²) in [5.74, 6) is 1.51. The van der Waals surface area contributed by atoms with E-state index in [4.69, 9.17) is 4.98 Å². The number of anilines is 2. The molecule has 0 N–H and O–H groups in total. The van der Waals surface area contributed by atoms with E-state index in [0.717, 1.165) is 41.1 Å². The second kappa shape index (κ2) is 6.55. The molecule has 7 nitrogen and oxygen atoms in total. The van der Waals surface area contributed by atoms with Crippen LogP contribution in [-0.4, -0.2) is 35.0 Å². The number of fused-ring (bicyclic) bond motifs is 1. The van der Waals surface area contributed by atoms with Crippen LogP contribution in [0, 0.1) is 5.21 Å². The molecule has 1 fully saturated rings. The van der Waals surface area contributed by atoms with Crippen molar-refractivity contribution in [1.29, 1.82) is 0 Å². The van der Waals surface area contributed by atoms with Crippen LogP contribution in [0.15, 0.2) is 30.7 Å². The van der Waals surface area contributed by atoms with Gasteiger partial charge < -0.3 is 15.0 Å². The Bertz CT molecular complexity index is 817. The molecule has 1 aliphatic heterocycles. The zero-order valence-electron chi connectivity index (χ0n) is 15.1. The van der Waals surface area contributed by atoms with Gasteiger partial charge >= 0.3 is 0 Å². The van der Waals surface area contributed by atoms with Crippen LogP contribution in [0.5, 0.6) is 0 Å². The predicted molar refractivity (Wildman–Crippen MR) is 98.7 cm³/mol.